The predicted molar refractivity (Wildman–Crippen MR) is 117 cm³/mol. The number of anilines is 3. The Hall–Kier alpha value is -3.02. The van der Waals surface area contributed by atoms with Gasteiger partial charge in [-0.2, -0.15) is 0 Å². The summed E-state index contributed by atoms with van der Waals surface area (Å²) in [6, 6.07) is 13.6. The molecule has 1 N–H and O–H groups in total. The second kappa shape index (κ2) is 9.45. The van der Waals surface area contributed by atoms with E-state index in [1.165, 1.54) is 25.5 Å². The first kappa shape index (κ1) is 20.7. The van der Waals surface area contributed by atoms with Crippen LogP contribution in [0, 0.1) is 6.92 Å². The van der Waals surface area contributed by atoms with Gasteiger partial charge in [-0.25, -0.2) is 0 Å². The van der Waals surface area contributed by atoms with Crippen molar-refractivity contribution in [1.82, 2.24) is 0 Å². The molecule has 2 aromatic carbocycles. The number of carbonyl (C=O) groups is 2. The minimum atomic E-state index is -0.128. The van der Waals surface area contributed by atoms with Crippen LogP contribution in [-0.4, -0.2) is 38.6 Å². The summed E-state index contributed by atoms with van der Waals surface area (Å²) in [4.78, 5) is 28.6. The molecule has 0 aliphatic carbocycles. The molecule has 0 saturated carbocycles. The summed E-state index contributed by atoms with van der Waals surface area (Å²) in [6.07, 6.45) is 2.66. The number of rotatable bonds is 7. The molecular formula is C23H29N3O3. The van der Waals surface area contributed by atoms with Crippen LogP contribution >= 0.6 is 0 Å². The summed E-state index contributed by atoms with van der Waals surface area (Å²) < 4.78 is 5.39. The number of amides is 2. The SMILES string of the molecule is COc1ccc(C)cc1N(CCC(=O)Nc1ccc(N2CCCC2)cc1)C(C)=O. The number of nitrogens with zero attached hydrogens (tertiary/aromatic N) is 2. The van der Waals surface area contributed by atoms with E-state index in [4.69, 9.17) is 4.74 Å². The Balaban J connectivity index is 1.61. The average molecular weight is 396 g/mol. The summed E-state index contributed by atoms with van der Waals surface area (Å²) in [5.41, 5.74) is 3.66. The number of aryl methyl sites for hydroxylation is 1. The monoisotopic (exact) mass is 395 g/mol. The first-order chi connectivity index (χ1) is 14.0. The highest BCUT2D eigenvalue weighted by Gasteiger charge is 2.18. The van der Waals surface area contributed by atoms with Gasteiger partial charge >= 0.3 is 0 Å². The van der Waals surface area contributed by atoms with Gasteiger partial charge in [0.2, 0.25) is 11.8 Å². The largest absolute Gasteiger partial charge is 0.495 e. The number of nitrogens with one attached hydrogen (secondary N) is 1. The van der Waals surface area contributed by atoms with Crippen LogP contribution in [0.4, 0.5) is 17.1 Å². The molecule has 0 unspecified atom stereocenters. The standard InChI is InChI=1S/C23H29N3O3/c1-17-6-11-22(29-3)21(16-17)26(18(2)27)15-12-23(28)24-19-7-9-20(10-8-19)25-13-4-5-14-25/h6-11,16H,4-5,12-15H2,1-3H3,(H,24,28). The quantitative estimate of drug-likeness (QED) is 0.770. The van der Waals surface area contributed by atoms with E-state index in [0.29, 0.717) is 11.4 Å². The minimum absolute atomic E-state index is 0.128. The first-order valence-electron chi connectivity index (χ1n) is 10.1. The number of hydrogen-bond acceptors (Lipinski definition) is 4. The molecule has 6 nitrogen and oxygen atoms in total. The lowest BCUT2D eigenvalue weighted by Crippen LogP contribution is -2.32. The van der Waals surface area contributed by atoms with Crippen molar-refractivity contribution in [3.63, 3.8) is 0 Å². The lowest BCUT2D eigenvalue weighted by Gasteiger charge is -2.23. The number of ether oxygens (including phenoxy) is 1. The van der Waals surface area contributed by atoms with Gasteiger partial charge in [0.25, 0.3) is 0 Å². The Labute approximate surface area is 172 Å². The Kier molecular flexibility index (Phi) is 6.75. The fourth-order valence-corrected chi connectivity index (χ4v) is 3.63. The van der Waals surface area contributed by atoms with Gasteiger partial charge in [0.05, 0.1) is 12.8 Å². The zero-order chi connectivity index (χ0) is 20.8. The summed E-state index contributed by atoms with van der Waals surface area (Å²) in [6.45, 7) is 5.92. The zero-order valence-corrected chi connectivity index (χ0v) is 17.4. The van der Waals surface area contributed by atoms with E-state index < -0.39 is 0 Å². The molecule has 1 aliphatic rings. The van der Waals surface area contributed by atoms with Crippen LogP contribution in [0.15, 0.2) is 42.5 Å². The molecule has 6 heteroatoms. The summed E-state index contributed by atoms with van der Waals surface area (Å²) in [5.74, 6) is 0.358. The Morgan fingerprint density at radius 2 is 1.79 bits per heavy atom. The van der Waals surface area contributed by atoms with Crippen molar-refractivity contribution in [2.45, 2.75) is 33.1 Å². The van der Waals surface area contributed by atoms with E-state index in [9.17, 15) is 9.59 Å². The summed E-state index contributed by atoms with van der Waals surface area (Å²) in [5, 5.41) is 2.92. The molecule has 3 rings (SSSR count). The van der Waals surface area contributed by atoms with E-state index in [1.54, 1.807) is 12.0 Å². The molecule has 0 spiro atoms. The number of methoxy groups -OCH3 is 1. The van der Waals surface area contributed by atoms with Crippen LogP contribution in [-0.2, 0) is 9.59 Å². The van der Waals surface area contributed by atoms with E-state index >= 15 is 0 Å². The topological polar surface area (TPSA) is 61.9 Å². The zero-order valence-electron chi connectivity index (χ0n) is 17.4. The Bertz CT molecular complexity index is 858. The number of benzene rings is 2. The lowest BCUT2D eigenvalue weighted by atomic mass is 10.1. The fourth-order valence-electron chi connectivity index (χ4n) is 3.63. The van der Waals surface area contributed by atoms with Crippen molar-refractivity contribution in [2.24, 2.45) is 0 Å². The van der Waals surface area contributed by atoms with Crippen LogP contribution in [0.1, 0.15) is 31.7 Å². The highest BCUT2D eigenvalue weighted by molar-refractivity contribution is 5.96. The molecule has 1 fully saturated rings. The fraction of sp³-hybridized carbons (Fsp3) is 0.391. The maximum Gasteiger partial charge on any atom is 0.226 e. The highest BCUT2D eigenvalue weighted by atomic mass is 16.5. The van der Waals surface area contributed by atoms with Crippen LogP contribution in [0.25, 0.3) is 0 Å². The van der Waals surface area contributed by atoms with Crippen LogP contribution < -0.4 is 19.9 Å². The maximum atomic E-state index is 12.4. The van der Waals surface area contributed by atoms with Gasteiger partial charge in [-0.05, 0) is 61.7 Å². The molecule has 0 bridgehead atoms. The minimum Gasteiger partial charge on any atom is -0.495 e. The molecule has 0 aromatic heterocycles. The van der Waals surface area contributed by atoms with Gasteiger partial charge in [0.1, 0.15) is 5.75 Å². The van der Waals surface area contributed by atoms with Crippen molar-refractivity contribution < 1.29 is 14.3 Å². The molecular weight excluding hydrogens is 366 g/mol. The third-order valence-corrected chi connectivity index (χ3v) is 5.19. The van der Waals surface area contributed by atoms with Gasteiger partial charge in [-0.1, -0.05) is 6.07 Å². The molecule has 2 amide bonds. The molecule has 2 aromatic rings. The normalized spacial score (nSPS) is 13.3. The molecule has 1 aliphatic heterocycles. The van der Waals surface area contributed by atoms with Crippen molar-refractivity contribution in [1.29, 1.82) is 0 Å². The molecule has 154 valence electrons. The summed E-state index contributed by atoms with van der Waals surface area (Å²) >= 11 is 0. The van der Waals surface area contributed by atoms with Crippen molar-refractivity contribution in [2.75, 3.05) is 41.9 Å². The third-order valence-electron chi connectivity index (χ3n) is 5.19. The third kappa shape index (κ3) is 5.28. The van der Waals surface area contributed by atoms with Crippen molar-refractivity contribution in [3.05, 3.63) is 48.0 Å². The van der Waals surface area contributed by atoms with E-state index in [1.807, 2.05) is 49.4 Å². The molecule has 1 saturated heterocycles. The van der Waals surface area contributed by atoms with Gasteiger partial charge in [-0.3, -0.25) is 9.59 Å². The lowest BCUT2D eigenvalue weighted by molar-refractivity contribution is -0.117. The predicted octanol–water partition coefficient (Wildman–Crippen LogP) is 3.99. The summed E-state index contributed by atoms with van der Waals surface area (Å²) in [7, 11) is 1.57. The Morgan fingerprint density at radius 1 is 1.10 bits per heavy atom. The molecule has 0 radical (unpaired) electrons. The first-order valence-corrected chi connectivity index (χ1v) is 10.1. The average Bonchev–Trinajstić information content (AvgIpc) is 3.23. The van der Waals surface area contributed by atoms with Gasteiger partial charge < -0.3 is 19.9 Å². The number of hydrogen-bond donors (Lipinski definition) is 1. The molecule has 1 heterocycles. The van der Waals surface area contributed by atoms with Crippen LogP contribution in [0.3, 0.4) is 0 Å². The van der Waals surface area contributed by atoms with E-state index in [-0.39, 0.29) is 24.8 Å². The second-order valence-electron chi connectivity index (χ2n) is 7.39. The van der Waals surface area contributed by atoms with Crippen LogP contribution in [0.5, 0.6) is 5.75 Å². The van der Waals surface area contributed by atoms with Gasteiger partial charge in [0, 0.05) is 44.4 Å². The van der Waals surface area contributed by atoms with Gasteiger partial charge in [-0.15, -0.1) is 0 Å². The molecule has 0 atom stereocenters. The highest BCUT2D eigenvalue weighted by Crippen LogP contribution is 2.29. The van der Waals surface area contributed by atoms with Gasteiger partial charge in [0.15, 0.2) is 0 Å². The number of carbonyl (C=O) groups excluding carboxylic acids is 2. The maximum absolute atomic E-state index is 12.4. The van der Waals surface area contributed by atoms with E-state index in [2.05, 4.69) is 10.2 Å². The molecule has 29 heavy (non-hydrogen) atoms. The van der Waals surface area contributed by atoms with Crippen molar-refractivity contribution in [3.8, 4) is 5.75 Å². The Morgan fingerprint density at radius 3 is 2.41 bits per heavy atom. The van der Waals surface area contributed by atoms with Crippen LogP contribution in [0.2, 0.25) is 0 Å². The van der Waals surface area contributed by atoms with Crippen molar-refractivity contribution >= 4 is 28.9 Å². The smallest absolute Gasteiger partial charge is 0.226 e. The van der Waals surface area contributed by atoms with E-state index in [0.717, 1.165) is 24.3 Å². The second-order valence-corrected chi connectivity index (χ2v) is 7.39.